The molecule has 1 saturated carbocycles. The lowest BCUT2D eigenvalue weighted by molar-refractivity contribution is -0.137. The second kappa shape index (κ2) is 6.27. The molecule has 2 N–H and O–H groups in total. The second-order valence-electron chi connectivity index (χ2n) is 5.11. The lowest BCUT2D eigenvalue weighted by Crippen LogP contribution is -2.38. The van der Waals surface area contributed by atoms with E-state index in [-0.39, 0.29) is 25.0 Å². The lowest BCUT2D eigenvalue weighted by Gasteiger charge is -2.22. The highest BCUT2D eigenvalue weighted by Gasteiger charge is 2.33. The number of rotatable bonds is 5. The maximum absolute atomic E-state index is 12.3. The summed E-state index contributed by atoms with van der Waals surface area (Å²) in [6, 6.07) is 7.08. The van der Waals surface area contributed by atoms with E-state index in [1.165, 1.54) is 4.90 Å². The summed E-state index contributed by atoms with van der Waals surface area (Å²) in [5, 5.41) is 20.6. The molecule has 0 aromatic heterocycles. The van der Waals surface area contributed by atoms with Gasteiger partial charge in [0.2, 0.25) is 0 Å². The molecule has 0 spiro atoms. The van der Waals surface area contributed by atoms with Crippen LogP contribution >= 0.6 is 0 Å². The third-order valence-electron chi connectivity index (χ3n) is 3.44. The highest BCUT2D eigenvalue weighted by atomic mass is 16.4. The summed E-state index contributed by atoms with van der Waals surface area (Å²) in [5.74, 6) is -0.929. The van der Waals surface area contributed by atoms with E-state index in [0.29, 0.717) is 11.3 Å². The van der Waals surface area contributed by atoms with Gasteiger partial charge in [-0.1, -0.05) is 12.1 Å². The maximum atomic E-state index is 12.3. The molecule has 110 valence electrons. The standard InChI is InChI=1S/C15H17N3O3/c1-10-3-2-4-13(12(10)9-16)17-15(21)18(11-5-6-11)8-7-14(19)20/h2-4,11H,5-8H2,1H3,(H,17,21)(H,19,20). The SMILES string of the molecule is Cc1cccc(NC(=O)N(CCC(=O)O)C2CC2)c1C#N. The average Bonchev–Trinajstić information content (AvgIpc) is 3.23. The fourth-order valence-corrected chi connectivity index (χ4v) is 2.16. The van der Waals surface area contributed by atoms with Crippen molar-refractivity contribution in [1.82, 2.24) is 4.90 Å². The molecule has 1 aliphatic rings. The van der Waals surface area contributed by atoms with Crippen molar-refractivity contribution in [1.29, 1.82) is 5.26 Å². The Hall–Kier alpha value is -2.55. The first-order valence-corrected chi connectivity index (χ1v) is 6.82. The van der Waals surface area contributed by atoms with E-state index >= 15 is 0 Å². The molecule has 21 heavy (non-hydrogen) atoms. The Balaban J connectivity index is 2.10. The molecule has 0 radical (unpaired) electrons. The van der Waals surface area contributed by atoms with E-state index in [2.05, 4.69) is 11.4 Å². The Bertz CT molecular complexity index is 603. The van der Waals surface area contributed by atoms with Crippen molar-refractivity contribution in [2.45, 2.75) is 32.2 Å². The van der Waals surface area contributed by atoms with Gasteiger partial charge in [0.25, 0.3) is 0 Å². The van der Waals surface area contributed by atoms with E-state index in [9.17, 15) is 9.59 Å². The van der Waals surface area contributed by atoms with Gasteiger partial charge < -0.3 is 15.3 Å². The molecule has 6 nitrogen and oxygen atoms in total. The first-order chi connectivity index (χ1) is 10.0. The number of aryl methyl sites for hydroxylation is 1. The number of carboxylic acid groups (broad SMARTS) is 1. The van der Waals surface area contributed by atoms with Crippen LogP contribution in [0.5, 0.6) is 0 Å². The number of urea groups is 1. The van der Waals surface area contributed by atoms with Crippen molar-refractivity contribution in [2.24, 2.45) is 0 Å². The lowest BCUT2D eigenvalue weighted by atomic mass is 10.1. The molecule has 1 fully saturated rings. The number of carbonyl (C=O) groups is 2. The summed E-state index contributed by atoms with van der Waals surface area (Å²) in [4.78, 5) is 24.5. The fraction of sp³-hybridized carbons (Fsp3) is 0.400. The van der Waals surface area contributed by atoms with Crippen molar-refractivity contribution in [3.63, 3.8) is 0 Å². The number of hydrogen-bond acceptors (Lipinski definition) is 3. The van der Waals surface area contributed by atoms with Gasteiger partial charge in [-0.2, -0.15) is 5.26 Å². The van der Waals surface area contributed by atoms with Crippen LogP contribution < -0.4 is 5.32 Å². The van der Waals surface area contributed by atoms with Crippen LogP contribution in [-0.2, 0) is 4.79 Å². The van der Waals surface area contributed by atoms with E-state index in [4.69, 9.17) is 10.4 Å². The minimum atomic E-state index is -0.929. The molecular weight excluding hydrogens is 270 g/mol. The van der Waals surface area contributed by atoms with Crippen molar-refractivity contribution in [3.8, 4) is 6.07 Å². The van der Waals surface area contributed by atoms with Crippen LogP contribution in [-0.4, -0.2) is 34.6 Å². The molecule has 1 aliphatic carbocycles. The van der Waals surface area contributed by atoms with Crippen LogP contribution in [0.1, 0.15) is 30.4 Å². The Morgan fingerprint density at radius 3 is 2.76 bits per heavy atom. The number of amides is 2. The monoisotopic (exact) mass is 287 g/mol. The van der Waals surface area contributed by atoms with Crippen LogP contribution in [0.3, 0.4) is 0 Å². The number of benzene rings is 1. The zero-order valence-corrected chi connectivity index (χ0v) is 11.8. The van der Waals surface area contributed by atoms with Gasteiger partial charge >= 0.3 is 12.0 Å². The summed E-state index contributed by atoms with van der Waals surface area (Å²) >= 11 is 0. The number of nitrogens with one attached hydrogen (secondary N) is 1. The molecule has 0 unspecified atom stereocenters. The number of aliphatic carboxylic acids is 1. The zero-order chi connectivity index (χ0) is 15.4. The normalized spacial score (nSPS) is 13.3. The molecule has 0 bridgehead atoms. The van der Waals surface area contributed by atoms with Gasteiger partial charge in [0.1, 0.15) is 6.07 Å². The molecule has 0 saturated heterocycles. The smallest absolute Gasteiger partial charge is 0.322 e. The number of hydrogen-bond donors (Lipinski definition) is 2. The molecular formula is C15H17N3O3. The highest BCUT2D eigenvalue weighted by molar-refractivity contribution is 5.91. The van der Waals surface area contributed by atoms with Gasteiger partial charge in [-0.15, -0.1) is 0 Å². The Morgan fingerprint density at radius 2 is 2.19 bits per heavy atom. The van der Waals surface area contributed by atoms with Crippen LogP contribution in [0.4, 0.5) is 10.5 Å². The number of nitrogens with zero attached hydrogens (tertiary/aromatic N) is 2. The van der Waals surface area contributed by atoms with Crippen LogP contribution in [0.15, 0.2) is 18.2 Å². The topological polar surface area (TPSA) is 93.4 Å². The first kappa shape index (κ1) is 14.9. The molecule has 0 aliphatic heterocycles. The van der Waals surface area contributed by atoms with E-state index in [1.807, 2.05) is 0 Å². The van der Waals surface area contributed by atoms with Crippen LogP contribution in [0.25, 0.3) is 0 Å². The van der Waals surface area contributed by atoms with Gasteiger partial charge in [-0.25, -0.2) is 4.79 Å². The van der Waals surface area contributed by atoms with E-state index in [0.717, 1.165) is 18.4 Å². The third-order valence-corrected chi connectivity index (χ3v) is 3.44. The number of carbonyl (C=O) groups excluding carboxylic acids is 1. The minimum Gasteiger partial charge on any atom is -0.481 e. The third kappa shape index (κ3) is 3.72. The predicted molar refractivity (Wildman–Crippen MR) is 76.9 cm³/mol. The highest BCUT2D eigenvalue weighted by Crippen LogP contribution is 2.28. The quantitative estimate of drug-likeness (QED) is 0.869. The fourth-order valence-electron chi connectivity index (χ4n) is 2.16. The van der Waals surface area contributed by atoms with Gasteiger partial charge in [-0.05, 0) is 31.4 Å². The summed E-state index contributed by atoms with van der Waals surface area (Å²) < 4.78 is 0. The summed E-state index contributed by atoms with van der Waals surface area (Å²) in [5.41, 5.74) is 1.68. The van der Waals surface area contributed by atoms with Crippen molar-refractivity contribution in [2.75, 3.05) is 11.9 Å². The van der Waals surface area contributed by atoms with Crippen molar-refractivity contribution in [3.05, 3.63) is 29.3 Å². The van der Waals surface area contributed by atoms with Gasteiger partial charge in [0.15, 0.2) is 0 Å². The Morgan fingerprint density at radius 1 is 1.48 bits per heavy atom. The van der Waals surface area contributed by atoms with Gasteiger partial charge in [0.05, 0.1) is 17.7 Å². The van der Waals surface area contributed by atoms with Crippen molar-refractivity contribution < 1.29 is 14.7 Å². The van der Waals surface area contributed by atoms with Crippen LogP contribution in [0, 0.1) is 18.3 Å². The minimum absolute atomic E-state index is 0.0805. The summed E-state index contributed by atoms with van der Waals surface area (Å²) in [7, 11) is 0. The largest absolute Gasteiger partial charge is 0.481 e. The summed E-state index contributed by atoms with van der Waals surface area (Å²) in [6.07, 6.45) is 1.71. The molecule has 0 atom stereocenters. The van der Waals surface area contributed by atoms with E-state index < -0.39 is 5.97 Å². The van der Waals surface area contributed by atoms with Crippen molar-refractivity contribution >= 4 is 17.7 Å². The number of nitriles is 1. The molecule has 6 heteroatoms. The Kier molecular flexibility index (Phi) is 4.43. The second-order valence-corrected chi connectivity index (χ2v) is 5.11. The molecule has 1 aromatic carbocycles. The van der Waals surface area contributed by atoms with Gasteiger partial charge in [0, 0.05) is 12.6 Å². The zero-order valence-electron chi connectivity index (χ0n) is 11.8. The average molecular weight is 287 g/mol. The molecule has 1 aromatic rings. The Labute approximate surface area is 123 Å². The molecule has 2 amide bonds. The van der Waals surface area contributed by atoms with Crippen LogP contribution in [0.2, 0.25) is 0 Å². The first-order valence-electron chi connectivity index (χ1n) is 6.82. The maximum Gasteiger partial charge on any atom is 0.322 e. The summed E-state index contributed by atoms with van der Waals surface area (Å²) in [6.45, 7) is 1.98. The number of carboxylic acids is 1. The molecule has 2 rings (SSSR count). The molecule has 0 heterocycles. The van der Waals surface area contributed by atoms with E-state index in [1.54, 1.807) is 25.1 Å². The van der Waals surface area contributed by atoms with Gasteiger partial charge in [-0.3, -0.25) is 4.79 Å². The number of anilines is 1. The predicted octanol–water partition coefficient (Wildman–Crippen LogP) is 2.34.